The number of carbonyl (C=O) groups excluding carboxylic acids is 1. The summed E-state index contributed by atoms with van der Waals surface area (Å²) in [6.07, 6.45) is 2.57. The largest absolute Gasteiger partial charge is 0.384 e. The van der Waals surface area contributed by atoms with Gasteiger partial charge in [-0.2, -0.15) is 5.10 Å². The third kappa shape index (κ3) is 2.68. The smallest absolute Gasteiger partial charge is 0.251 e. The number of rotatable bonds is 4. The number of benzene rings is 1. The lowest BCUT2D eigenvalue weighted by molar-refractivity contribution is 0.0951. The van der Waals surface area contributed by atoms with Crippen LogP contribution in [0, 0.1) is 0 Å². The second-order valence-electron chi connectivity index (χ2n) is 4.04. The van der Waals surface area contributed by atoms with Gasteiger partial charge in [0.05, 0.1) is 6.20 Å². The van der Waals surface area contributed by atoms with Crippen molar-refractivity contribution in [2.24, 2.45) is 0 Å². The first-order valence-corrected chi connectivity index (χ1v) is 5.85. The second kappa shape index (κ2) is 5.35. The maximum absolute atomic E-state index is 11.9. The zero-order valence-corrected chi connectivity index (χ0v) is 10.2. The van der Waals surface area contributed by atoms with Gasteiger partial charge in [0, 0.05) is 17.7 Å². The molecule has 5 nitrogen and oxygen atoms in total. The molecule has 0 saturated heterocycles. The molecule has 0 bridgehead atoms. The highest BCUT2D eigenvalue weighted by Gasteiger charge is 2.07. The molecule has 18 heavy (non-hydrogen) atoms. The minimum absolute atomic E-state index is 0.113. The van der Waals surface area contributed by atoms with Gasteiger partial charge in [-0.3, -0.25) is 9.89 Å². The van der Waals surface area contributed by atoms with Gasteiger partial charge < -0.3 is 11.1 Å². The molecule has 0 unspecified atom stereocenters. The molecule has 2 rings (SSSR count). The van der Waals surface area contributed by atoms with Gasteiger partial charge in [-0.15, -0.1) is 0 Å². The molecule has 1 heterocycles. The Labute approximate surface area is 105 Å². The Balaban J connectivity index is 1.97. The van der Waals surface area contributed by atoms with E-state index in [1.54, 1.807) is 6.20 Å². The average molecular weight is 244 g/mol. The van der Waals surface area contributed by atoms with Crippen molar-refractivity contribution in [2.45, 2.75) is 19.9 Å². The molecule has 4 N–H and O–H groups in total. The van der Waals surface area contributed by atoms with Crippen LogP contribution in [0.1, 0.15) is 28.4 Å². The van der Waals surface area contributed by atoms with Crippen LogP contribution in [0.5, 0.6) is 0 Å². The Morgan fingerprint density at radius 1 is 1.39 bits per heavy atom. The SMILES string of the molecule is CCc1ccc(C(=O)NCc2cn[nH]c2N)cc1. The molecule has 0 spiro atoms. The molecule has 1 amide bonds. The molecule has 1 aromatic carbocycles. The fourth-order valence-corrected chi connectivity index (χ4v) is 1.63. The lowest BCUT2D eigenvalue weighted by Crippen LogP contribution is -2.22. The summed E-state index contributed by atoms with van der Waals surface area (Å²) in [6.45, 7) is 2.45. The van der Waals surface area contributed by atoms with Crippen LogP contribution in [-0.2, 0) is 13.0 Å². The number of nitrogens with one attached hydrogen (secondary N) is 2. The van der Waals surface area contributed by atoms with Crippen LogP contribution < -0.4 is 11.1 Å². The molecule has 0 fully saturated rings. The predicted octanol–water partition coefficient (Wildman–Crippen LogP) is 1.48. The molecule has 0 aliphatic heterocycles. The summed E-state index contributed by atoms with van der Waals surface area (Å²) in [4.78, 5) is 11.9. The van der Waals surface area contributed by atoms with Crippen LogP contribution in [-0.4, -0.2) is 16.1 Å². The number of amides is 1. The molecule has 0 radical (unpaired) electrons. The van der Waals surface area contributed by atoms with E-state index in [2.05, 4.69) is 22.4 Å². The lowest BCUT2D eigenvalue weighted by Gasteiger charge is -2.05. The molecule has 0 saturated carbocycles. The van der Waals surface area contributed by atoms with Crippen LogP contribution in [0.3, 0.4) is 0 Å². The number of aryl methyl sites for hydroxylation is 1. The summed E-state index contributed by atoms with van der Waals surface area (Å²) in [5.41, 5.74) is 8.28. The van der Waals surface area contributed by atoms with E-state index in [0.29, 0.717) is 17.9 Å². The van der Waals surface area contributed by atoms with Crippen molar-refractivity contribution in [1.29, 1.82) is 0 Å². The zero-order chi connectivity index (χ0) is 13.0. The van der Waals surface area contributed by atoms with E-state index in [1.165, 1.54) is 5.56 Å². The van der Waals surface area contributed by atoms with E-state index in [1.807, 2.05) is 24.3 Å². The molecule has 5 heteroatoms. The lowest BCUT2D eigenvalue weighted by atomic mass is 10.1. The van der Waals surface area contributed by atoms with Gasteiger partial charge in [-0.05, 0) is 24.1 Å². The molecule has 0 aliphatic carbocycles. The number of nitrogens with zero attached hydrogens (tertiary/aromatic N) is 1. The summed E-state index contributed by atoms with van der Waals surface area (Å²) in [6, 6.07) is 7.57. The van der Waals surface area contributed by atoms with Gasteiger partial charge >= 0.3 is 0 Å². The molecular formula is C13H16N4O. The fourth-order valence-electron chi connectivity index (χ4n) is 1.63. The monoisotopic (exact) mass is 244 g/mol. The van der Waals surface area contributed by atoms with Crippen LogP contribution in [0.2, 0.25) is 0 Å². The number of aromatic nitrogens is 2. The topological polar surface area (TPSA) is 83.8 Å². The predicted molar refractivity (Wildman–Crippen MR) is 70.0 cm³/mol. The van der Waals surface area contributed by atoms with Gasteiger partial charge in [0.2, 0.25) is 0 Å². The van der Waals surface area contributed by atoms with Gasteiger partial charge in [0.1, 0.15) is 5.82 Å². The summed E-state index contributed by atoms with van der Waals surface area (Å²) in [5, 5.41) is 9.22. The third-order valence-corrected chi connectivity index (χ3v) is 2.82. The molecule has 1 aromatic heterocycles. The maximum atomic E-state index is 11.9. The van der Waals surface area contributed by atoms with Crippen molar-refractivity contribution in [3.63, 3.8) is 0 Å². The molecule has 0 aliphatic rings. The van der Waals surface area contributed by atoms with E-state index in [4.69, 9.17) is 5.73 Å². The number of nitrogen functional groups attached to an aromatic ring is 1. The summed E-state index contributed by atoms with van der Waals surface area (Å²) in [7, 11) is 0. The van der Waals surface area contributed by atoms with E-state index >= 15 is 0 Å². The van der Waals surface area contributed by atoms with Crippen molar-refractivity contribution in [2.75, 3.05) is 5.73 Å². The number of carbonyl (C=O) groups is 1. The molecule has 94 valence electrons. The first-order valence-electron chi connectivity index (χ1n) is 5.85. The molecule has 0 atom stereocenters. The van der Waals surface area contributed by atoms with Crippen LogP contribution >= 0.6 is 0 Å². The highest BCUT2D eigenvalue weighted by Crippen LogP contribution is 2.07. The minimum atomic E-state index is -0.113. The normalized spacial score (nSPS) is 10.3. The third-order valence-electron chi connectivity index (χ3n) is 2.82. The Kier molecular flexibility index (Phi) is 3.62. The van der Waals surface area contributed by atoms with Gasteiger partial charge in [0.25, 0.3) is 5.91 Å². The average Bonchev–Trinajstić information content (AvgIpc) is 2.81. The van der Waals surface area contributed by atoms with Crippen LogP contribution in [0.4, 0.5) is 5.82 Å². The van der Waals surface area contributed by atoms with Crippen molar-refractivity contribution < 1.29 is 4.79 Å². The van der Waals surface area contributed by atoms with E-state index in [-0.39, 0.29) is 5.91 Å². The quantitative estimate of drug-likeness (QED) is 0.761. The Morgan fingerprint density at radius 2 is 2.11 bits per heavy atom. The fraction of sp³-hybridized carbons (Fsp3) is 0.231. The number of H-pyrrole nitrogens is 1. The van der Waals surface area contributed by atoms with Crippen LogP contribution in [0.25, 0.3) is 0 Å². The first kappa shape index (κ1) is 12.2. The second-order valence-corrected chi connectivity index (χ2v) is 4.04. The number of aromatic amines is 1. The van der Waals surface area contributed by atoms with E-state index in [0.717, 1.165) is 12.0 Å². The molecule has 2 aromatic rings. The van der Waals surface area contributed by atoms with Crippen molar-refractivity contribution >= 4 is 11.7 Å². The van der Waals surface area contributed by atoms with Crippen LogP contribution in [0.15, 0.2) is 30.5 Å². The Morgan fingerprint density at radius 3 is 2.67 bits per heavy atom. The highest BCUT2D eigenvalue weighted by atomic mass is 16.1. The summed E-state index contributed by atoms with van der Waals surface area (Å²) in [5.74, 6) is 0.370. The highest BCUT2D eigenvalue weighted by molar-refractivity contribution is 5.94. The number of hydrogen-bond donors (Lipinski definition) is 3. The molecular weight excluding hydrogens is 228 g/mol. The van der Waals surface area contributed by atoms with Crippen molar-refractivity contribution in [3.8, 4) is 0 Å². The minimum Gasteiger partial charge on any atom is -0.384 e. The zero-order valence-electron chi connectivity index (χ0n) is 10.2. The van der Waals surface area contributed by atoms with E-state index < -0.39 is 0 Å². The summed E-state index contributed by atoms with van der Waals surface area (Å²) < 4.78 is 0. The number of nitrogens with two attached hydrogens (primary N) is 1. The van der Waals surface area contributed by atoms with Crippen molar-refractivity contribution in [1.82, 2.24) is 15.5 Å². The van der Waals surface area contributed by atoms with Gasteiger partial charge in [-0.1, -0.05) is 19.1 Å². The summed E-state index contributed by atoms with van der Waals surface area (Å²) >= 11 is 0. The standard InChI is InChI=1S/C13H16N4O/c1-2-9-3-5-10(6-4-9)13(18)15-7-11-8-16-17-12(11)14/h3-6,8H,2,7H2,1H3,(H,15,18)(H3,14,16,17). The maximum Gasteiger partial charge on any atom is 0.251 e. The number of anilines is 1. The number of hydrogen-bond acceptors (Lipinski definition) is 3. The Hall–Kier alpha value is -2.30. The Bertz CT molecular complexity index is 530. The van der Waals surface area contributed by atoms with Gasteiger partial charge in [-0.25, -0.2) is 0 Å². The van der Waals surface area contributed by atoms with Crippen molar-refractivity contribution in [3.05, 3.63) is 47.2 Å². The van der Waals surface area contributed by atoms with Gasteiger partial charge in [0.15, 0.2) is 0 Å². The van der Waals surface area contributed by atoms with E-state index in [9.17, 15) is 4.79 Å². The first-order chi connectivity index (χ1) is 8.70.